The predicted molar refractivity (Wildman–Crippen MR) is 51.2 cm³/mol. The third kappa shape index (κ3) is 3.35. The molecule has 0 unspecified atom stereocenters. The van der Waals surface area contributed by atoms with Crippen LogP contribution in [0.15, 0.2) is 29.2 Å². The Bertz CT molecular complexity index is 363. The second kappa shape index (κ2) is 4.50. The Labute approximate surface area is 94.3 Å². The summed E-state index contributed by atoms with van der Waals surface area (Å²) in [5, 5.41) is 0.278. The summed E-state index contributed by atoms with van der Waals surface area (Å²) >= 11 is 5.48. The van der Waals surface area contributed by atoms with Crippen LogP contribution >= 0.6 is 11.6 Å². The van der Waals surface area contributed by atoms with Gasteiger partial charge in [0.15, 0.2) is 0 Å². The molecule has 0 bridgehead atoms. The SMILES string of the molecule is O=S(=O)(O)c1cccc(Cl)c1.[InH3]. The second-order valence-corrected chi connectivity index (χ2v) is 3.79. The van der Waals surface area contributed by atoms with E-state index in [2.05, 4.69) is 0 Å². The monoisotopic (exact) mass is 310 g/mol. The van der Waals surface area contributed by atoms with Crippen molar-refractivity contribution in [3.8, 4) is 0 Å². The van der Waals surface area contributed by atoms with Crippen molar-refractivity contribution in [1.29, 1.82) is 0 Å². The Morgan fingerprint density at radius 1 is 1.33 bits per heavy atom. The molecule has 1 rings (SSSR count). The van der Waals surface area contributed by atoms with Gasteiger partial charge in [-0.1, -0.05) is 17.7 Å². The van der Waals surface area contributed by atoms with Crippen LogP contribution in [-0.4, -0.2) is 38.8 Å². The summed E-state index contributed by atoms with van der Waals surface area (Å²) in [5.74, 6) is 0. The van der Waals surface area contributed by atoms with E-state index in [9.17, 15) is 8.42 Å². The summed E-state index contributed by atoms with van der Waals surface area (Å²) in [7, 11) is -4.11. The molecule has 0 amide bonds. The minimum atomic E-state index is -4.11. The zero-order chi connectivity index (χ0) is 8.48. The first-order chi connectivity index (χ1) is 5.00. The second-order valence-electron chi connectivity index (χ2n) is 1.93. The predicted octanol–water partition coefficient (Wildman–Crippen LogP) is 0.403. The zero-order valence-corrected chi connectivity index (χ0v) is 6.93. The van der Waals surface area contributed by atoms with E-state index >= 15 is 0 Å². The van der Waals surface area contributed by atoms with Gasteiger partial charge >= 0.3 is 25.8 Å². The first-order valence-electron chi connectivity index (χ1n) is 2.73. The van der Waals surface area contributed by atoms with E-state index in [1.165, 1.54) is 24.3 Å². The maximum absolute atomic E-state index is 10.5. The van der Waals surface area contributed by atoms with Crippen molar-refractivity contribution in [3.05, 3.63) is 29.3 Å². The van der Waals surface area contributed by atoms with Crippen LogP contribution < -0.4 is 0 Å². The Balaban J connectivity index is 0.00000121. The number of rotatable bonds is 1. The molecule has 0 atom stereocenters. The van der Waals surface area contributed by atoms with Gasteiger partial charge in [-0.3, -0.25) is 4.55 Å². The van der Waals surface area contributed by atoms with E-state index in [-0.39, 0.29) is 35.8 Å². The fraction of sp³-hybridized carbons (Fsp3) is 0. The van der Waals surface area contributed by atoms with Crippen LogP contribution in [-0.2, 0) is 10.1 Å². The van der Waals surface area contributed by atoms with Crippen LogP contribution in [0.1, 0.15) is 0 Å². The normalized spacial score (nSPS) is 10.5. The first kappa shape index (κ1) is 12.3. The summed E-state index contributed by atoms with van der Waals surface area (Å²) < 4.78 is 29.5. The van der Waals surface area contributed by atoms with Crippen LogP contribution in [0.2, 0.25) is 5.02 Å². The molecule has 3 nitrogen and oxygen atoms in total. The molecular formula is C6H8ClInO3S. The molecule has 0 aromatic heterocycles. The molecule has 0 spiro atoms. The molecular weight excluding hydrogens is 302 g/mol. The molecule has 1 N–H and O–H groups in total. The van der Waals surface area contributed by atoms with Gasteiger partial charge in [0.1, 0.15) is 0 Å². The summed E-state index contributed by atoms with van der Waals surface area (Å²) in [6.45, 7) is 0. The summed E-state index contributed by atoms with van der Waals surface area (Å²) in [4.78, 5) is -0.190. The Kier molecular flexibility index (Phi) is 4.61. The Morgan fingerprint density at radius 2 is 1.92 bits per heavy atom. The number of hydrogen-bond acceptors (Lipinski definition) is 2. The van der Waals surface area contributed by atoms with Gasteiger partial charge in [0.25, 0.3) is 10.1 Å². The van der Waals surface area contributed by atoms with Gasteiger partial charge in [-0.25, -0.2) is 0 Å². The van der Waals surface area contributed by atoms with Crippen LogP contribution in [0.3, 0.4) is 0 Å². The molecule has 0 aliphatic carbocycles. The van der Waals surface area contributed by atoms with Gasteiger partial charge < -0.3 is 0 Å². The van der Waals surface area contributed by atoms with E-state index in [4.69, 9.17) is 16.2 Å². The third-order valence-electron chi connectivity index (χ3n) is 1.09. The van der Waals surface area contributed by atoms with Crippen molar-refractivity contribution in [2.45, 2.75) is 4.90 Å². The fourth-order valence-corrected chi connectivity index (χ4v) is 1.41. The molecule has 6 heteroatoms. The molecule has 0 radical (unpaired) electrons. The van der Waals surface area contributed by atoms with Crippen molar-refractivity contribution < 1.29 is 13.0 Å². The molecule has 66 valence electrons. The fourth-order valence-electron chi connectivity index (χ4n) is 0.627. The van der Waals surface area contributed by atoms with Crippen molar-refractivity contribution in [2.75, 3.05) is 0 Å². The van der Waals surface area contributed by atoms with E-state index < -0.39 is 10.1 Å². The van der Waals surface area contributed by atoms with Gasteiger partial charge in [0, 0.05) is 5.02 Å². The van der Waals surface area contributed by atoms with Crippen molar-refractivity contribution in [1.82, 2.24) is 0 Å². The van der Waals surface area contributed by atoms with Gasteiger partial charge in [-0.05, 0) is 18.2 Å². The molecule has 0 saturated heterocycles. The van der Waals surface area contributed by atoms with Gasteiger partial charge in [-0.2, -0.15) is 8.42 Å². The van der Waals surface area contributed by atoms with Gasteiger partial charge in [-0.15, -0.1) is 0 Å². The molecule has 0 saturated carbocycles. The van der Waals surface area contributed by atoms with E-state index in [1.54, 1.807) is 0 Å². The van der Waals surface area contributed by atoms with Gasteiger partial charge in [0.05, 0.1) is 4.90 Å². The molecule has 1 aromatic rings. The Hall–Kier alpha value is 0.290. The van der Waals surface area contributed by atoms with Crippen LogP contribution in [0.4, 0.5) is 0 Å². The van der Waals surface area contributed by atoms with Crippen molar-refractivity contribution in [3.63, 3.8) is 0 Å². The average molecular weight is 310 g/mol. The standard InChI is InChI=1S/C6H5ClO3S.In.3H/c7-5-2-1-3-6(4-5)11(8,9)10;;;;/h1-4H,(H,8,9,10);;;;. The average Bonchev–Trinajstić information content (AvgIpc) is 1.86. The number of benzene rings is 1. The van der Waals surface area contributed by atoms with E-state index in [0.29, 0.717) is 0 Å². The zero-order valence-electron chi connectivity index (χ0n) is 5.36. The van der Waals surface area contributed by atoms with Gasteiger partial charge in [0.2, 0.25) is 0 Å². The third-order valence-corrected chi connectivity index (χ3v) is 2.18. The first-order valence-corrected chi connectivity index (χ1v) is 4.55. The molecule has 0 aliphatic heterocycles. The molecule has 0 aliphatic rings. The topological polar surface area (TPSA) is 54.4 Å². The molecule has 1 aromatic carbocycles. The molecule has 0 heterocycles. The van der Waals surface area contributed by atoms with Crippen LogP contribution in [0.25, 0.3) is 0 Å². The van der Waals surface area contributed by atoms with E-state index in [1.807, 2.05) is 0 Å². The summed E-state index contributed by atoms with van der Waals surface area (Å²) in [6.07, 6.45) is 0. The number of hydrogen-bond donors (Lipinski definition) is 1. The number of halogens is 1. The van der Waals surface area contributed by atoms with Crippen molar-refractivity contribution >= 4 is 47.6 Å². The minimum absolute atomic E-state index is 0. The van der Waals surface area contributed by atoms with Crippen molar-refractivity contribution in [2.24, 2.45) is 0 Å². The summed E-state index contributed by atoms with van der Waals surface area (Å²) in [5.41, 5.74) is 0. The quantitative estimate of drug-likeness (QED) is 0.764. The van der Waals surface area contributed by atoms with Crippen LogP contribution in [0, 0.1) is 0 Å². The van der Waals surface area contributed by atoms with E-state index in [0.717, 1.165) is 0 Å². The Morgan fingerprint density at radius 3 is 2.25 bits per heavy atom. The summed E-state index contributed by atoms with van der Waals surface area (Å²) in [6, 6.07) is 5.42. The van der Waals surface area contributed by atoms with Crippen LogP contribution in [0.5, 0.6) is 0 Å². The maximum atomic E-state index is 10.5. The molecule has 12 heavy (non-hydrogen) atoms. The molecule has 0 fully saturated rings.